The van der Waals surface area contributed by atoms with Gasteiger partial charge in [0.15, 0.2) is 11.1 Å². The van der Waals surface area contributed by atoms with Gasteiger partial charge in [0.1, 0.15) is 0 Å². The largest absolute Gasteiger partial charge is 0.620 e. The molecule has 0 bridgehead atoms. The summed E-state index contributed by atoms with van der Waals surface area (Å²) in [5.74, 6) is 0.538. The summed E-state index contributed by atoms with van der Waals surface area (Å²) in [6, 6.07) is 26.5. The third-order valence-corrected chi connectivity index (χ3v) is 6.60. The van der Waals surface area contributed by atoms with E-state index in [1.165, 1.54) is 0 Å². The van der Waals surface area contributed by atoms with E-state index in [4.69, 9.17) is 14.3 Å². The number of fused-ring (bicyclic) bond motifs is 1. The van der Waals surface area contributed by atoms with Crippen molar-refractivity contribution < 1.29 is 13.9 Å². The van der Waals surface area contributed by atoms with Crippen molar-refractivity contribution in [2.75, 3.05) is 6.61 Å². The molecule has 5 heteroatoms. The number of nitriles is 1. The van der Waals surface area contributed by atoms with Gasteiger partial charge in [-0.2, -0.15) is 9.79 Å². The summed E-state index contributed by atoms with van der Waals surface area (Å²) < 4.78 is 11.7. The van der Waals surface area contributed by atoms with Crippen molar-refractivity contribution in [1.29, 1.82) is 5.26 Å². The lowest BCUT2D eigenvalue weighted by atomic mass is 9.94. The minimum absolute atomic E-state index is 0.251. The first-order chi connectivity index (χ1) is 13.7. The summed E-state index contributed by atoms with van der Waals surface area (Å²) >= 11 is 0. The van der Waals surface area contributed by atoms with E-state index in [1.807, 2.05) is 48.5 Å². The van der Waals surface area contributed by atoms with Crippen molar-refractivity contribution in [1.82, 2.24) is 0 Å². The van der Waals surface area contributed by atoms with Crippen LogP contribution in [0.2, 0.25) is 0 Å². The molecule has 4 nitrogen and oxygen atoms in total. The van der Waals surface area contributed by atoms with Gasteiger partial charge in [-0.15, -0.1) is 0 Å². The van der Waals surface area contributed by atoms with Gasteiger partial charge < -0.3 is 9.42 Å². The lowest BCUT2D eigenvalue weighted by Gasteiger charge is -2.35. The Morgan fingerprint density at radius 1 is 0.929 bits per heavy atom. The van der Waals surface area contributed by atoms with Gasteiger partial charge >= 0.3 is 7.94 Å². The number of rotatable bonds is 4. The van der Waals surface area contributed by atoms with Crippen LogP contribution in [0, 0.1) is 11.3 Å². The molecule has 0 saturated carbocycles. The van der Waals surface area contributed by atoms with Crippen LogP contribution in [0.3, 0.4) is 0 Å². The Labute approximate surface area is 164 Å². The highest BCUT2D eigenvalue weighted by Crippen LogP contribution is 2.69. The number of para-hydroxylation sites is 1. The highest BCUT2D eigenvalue weighted by Gasteiger charge is 2.46. The summed E-state index contributed by atoms with van der Waals surface area (Å²) in [5, 5.41) is 9.64. The third kappa shape index (κ3) is 3.21. The normalized spacial score (nSPS) is 18.2. The molecule has 1 aliphatic rings. The van der Waals surface area contributed by atoms with Crippen LogP contribution in [0.1, 0.15) is 29.2 Å². The molecule has 138 valence electrons. The monoisotopic (exact) mass is 387 g/mol. The zero-order valence-electron chi connectivity index (χ0n) is 15.3. The molecule has 1 heterocycles. The van der Waals surface area contributed by atoms with Crippen LogP contribution >= 0.6 is 7.94 Å². The van der Waals surface area contributed by atoms with Crippen molar-refractivity contribution >= 4 is 18.8 Å². The van der Waals surface area contributed by atoms with Gasteiger partial charge in [0.25, 0.3) is 0 Å². The van der Waals surface area contributed by atoms with Gasteiger partial charge in [-0.05, 0) is 42.8 Å². The average molecular weight is 387 g/mol. The van der Waals surface area contributed by atoms with E-state index >= 15 is 0 Å². The smallest absolute Gasteiger partial charge is 0.319 e. The fourth-order valence-electron chi connectivity index (χ4n) is 3.36. The van der Waals surface area contributed by atoms with E-state index in [2.05, 4.69) is 6.07 Å². The number of nitrogens with zero attached hydrogens (tertiary/aromatic N) is 1. The number of hydrogen-bond donors (Lipinski definition) is 0. The second kappa shape index (κ2) is 7.58. The molecule has 3 aromatic rings. The number of benzene rings is 3. The Morgan fingerprint density at radius 3 is 2.29 bits per heavy atom. The summed E-state index contributed by atoms with van der Waals surface area (Å²) in [6.45, 7) is 2.05. The van der Waals surface area contributed by atoms with Crippen LogP contribution in [0.25, 0.3) is 10.9 Å². The number of hydrogen-bond acceptors (Lipinski definition) is 4. The average Bonchev–Trinajstić information content (AvgIpc) is 2.73. The summed E-state index contributed by atoms with van der Waals surface area (Å²) in [4.78, 5) is 13.9. The first kappa shape index (κ1) is 18.4. The topological polar surface area (TPSA) is 65.3 Å². The molecule has 4 rings (SSSR count). The molecule has 0 fully saturated rings. The molecule has 3 aromatic carbocycles. The molecule has 0 amide bonds. The maximum atomic E-state index is 13.9. The fourth-order valence-corrected chi connectivity index (χ4v) is 5.38. The van der Waals surface area contributed by atoms with E-state index in [0.717, 1.165) is 16.7 Å². The van der Waals surface area contributed by atoms with Crippen molar-refractivity contribution in [2.24, 2.45) is 0 Å². The highest BCUT2D eigenvalue weighted by molar-refractivity contribution is 7.71. The van der Waals surface area contributed by atoms with Crippen molar-refractivity contribution in [3.63, 3.8) is 0 Å². The SMILES string of the molecule is CCO[P+]1([O-])Oc2ccccc2C(c2ccccc2)=C1c1ccc(C#N)cc1. The predicted octanol–water partition coefficient (Wildman–Crippen LogP) is 5.03. The van der Waals surface area contributed by atoms with Crippen LogP contribution in [0.4, 0.5) is 0 Å². The van der Waals surface area contributed by atoms with Crippen molar-refractivity contribution in [3.8, 4) is 11.8 Å². The standard InChI is InChI=1S/C23H18NO3P/c1-2-26-28(25)23(19-14-12-17(16-24)13-15-19)22(18-8-4-3-5-9-18)20-10-6-7-11-21(20)27-28/h3-15H,2H2,1H3. The molecule has 0 spiro atoms. The van der Waals surface area contributed by atoms with Crippen LogP contribution in [0.5, 0.6) is 5.75 Å². The Bertz CT molecular complexity index is 1070. The Hall–Kier alpha value is -2.96. The van der Waals surface area contributed by atoms with Crippen LogP contribution < -0.4 is 9.42 Å². The molecular formula is C23H18NO3P. The highest BCUT2D eigenvalue weighted by atomic mass is 31.2. The molecule has 0 aromatic heterocycles. The summed E-state index contributed by atoms with van der Waals surface area (Å²) in [5.41, 5.74) is 3.86. The minimum atomic E-state index is -3.63. The van der Waals surface area contributed by atoms with Crippen LogP contribution in [-0.2, 0) is 4.52 Å². The Balaban J connectivity index is 2.06. The van der Waals surface area contributed by atoms with Gasteiger partial charge in [0.2, 0.25) is 0 Å². The molecule has 1 aliphatic heterocycles. The Morgan fingerprint density at radius 2 is 1.61 bits per heavy atom. The second-order valence-electron chi connectivity index (χ2n) is 6.28. The van der Waals surface area contributed by atoms with E-state index in [1.54, 1.807) is 37.3 Å². The molecular weight excluding hydrogens is 369 g/mol. The first-order valence-electron chi connectivity index (χ1n) is 9.00. The zero-order valence-corrected chi connectivity index (χ0v) is 16.2. The second-order valence-corrected chi connectivity index (χ2v) is 8.16. The van der Waals surface area contributed by atoms with E-state index < -0.39 is 7.94 Å². The van der Waals surface area contributed by atoms with Crippen molar-refractivity contribution in [2.45, 2.75) is 6.92 Å². The molecule has 0 aliphatic carbocycles. The van der Waals surface area contributed by atoms with Gasteiger partial charge in [-0.25, -0.2) is 0 Å². The molecule has 0 radical (unpaired) electrons. The van der Waals surface area contributed by atoms with Crippen LogP contribution in [-0.4, -0.2) is 6.61 Å². The first-order valence-corrected chi connectivity index (χ1v) is 10.5. The van der Waals surface area contributed by atoms with Gasteiger partial charge in [0, 0.05) is 16.7 Å². The Kier molecular flexibility index (Phi) is 4.98. The maximum absolute atomic E-state index is 13.9. The molecule has 28 heavy (non-hydrogen) atoms. The van der Waals surface area contributed by atoms with Gasteiger partial charge in [0.05, 0.1) is 18.2 Å². The minimum Gasteiger partial charge on any atom is -0.620 e. The molecule has 0 N–H and O–H groups in total. The van der Waals surface area contributed by atoms with Crippen molar-refractivity contribution in [3.05, 3.63) is 101 Å². The van der Waals surface area contributed by atoms with E-state index in [9.17, 15) is 4.89 Å². The van der Waals surface area contributed by atoms with Crippen LogP contribution in [0.15, 0.2) is 78.9 Å². The molecule has 1 atom stereocenters. The summed E-state index contributed by atoms with van der Waals surface area (Å²) in [6.07, 6.45) is 0. The predicted molar refractivity (Wildman–Crippen MR) is 109 cm³/mol. The maximum Gasteiger partial charge on any atom is 0.319 e. The quantitative estimate of drug-likeness (QED) is 0.589. The lowest BCUT2D eigenvalue weighted by molar-refractivity contribution is -0.205. The van der Waals surface area contributed by atoms with Gasteiger partial charge in [-0.3, -0.25) is 0 Å². The third-order valence-electron chi connectivity index (χ3n) is 4.53. The fraction of sp³-hybridized carbons (Fsp3) is 0.0870. The summed E-state index contributed by atoms with van der Waals surface area (Å²) in [7, 11) is -3.63. The van der Waals surface area contributed by atoms with Gasteiger partial charge in [-0.1, -0.05) is 48.5 Å². The zero-order chi connectivity index (χ0) is 19.6. The molecule has 1 unspecified atom stereocenters. The molecule has 0 saturated heterocycles. The lowest BCUT2D eigenvalue weighted by Crippen LogP contribution is -2.24. The van der Waals surface area contributed by atoms with E-state index in [0.29, 0.717) is 22.2 Å². The van der Waals surface area contributed by atoms with E-state index in [-0.39, 0.29) is 6.61 Å².